The van der Waals surface area contributed by atoms with Gasteiger partial charge in [0, 0.05) is 25.8 Å². The van der Waals surface area contributed by atoms with Crippen molar-refractivity contribution in [1.82, 2.24) is 4.90 Å². The monoisotopic (exact) mass is 469 g/mol. The number of nitrogens with zero attached hydrogens (tertiary/aromatic N) is 1. The molecule has 0 aliphatic carbocycles. The number of methoxy groups -OCH3 is 1. The van der Waals surface area contributed by atoms with Gasteiger partial charge in [0.2, 0.25) is 0 Å². The first-order valence-electron chi connectivity index (χ1n) is 11.7. The van der Waals surface area contributed by atoms with Gasteiger partial charge in [0.15, 0.2) is 5.78 Å². The predicted octanol–water partition coefficient (Wildman–Crippen LogP) is 2.14. The number of aliphatic hydroxyl groups excluding tert-OH is 2. The molecule has 1 aromatic rings. The van der Waals surface area contributed by atoms with Crippen molar-refractivity contribution in [2.75, 3.05) is 53.2 Å². The zero-order valence-corrected chi connectivity index (χ0v) is 20.8. The normalized spacial score (nSPS) is 14.0. The summed E-state index contributed by atoms with van der Waals surface area (Å²) < 4.78 is 16.2. The maximum absolute atomic E-state index is 12.0. The van der Waals surface area contributed by atoms with E-state index >= 15 is 0 Å². The molecule has 0 bridgehead atoms. The summed E-state index contributed by atoms with van der Waals surface area (Å²) in [5, 5.41) is 30.2. The summed E-state index contributed by atoms with van der Waals surface area (Å²) in [6.45, 7) is 9.96. The molecule has 0 amide bonds. The molecule has 0 radical (unpaired) electrons. The van der Waals surface area contributed by atoms with Crippen LogP contribution in [0, 0.1) is 5.92 Å². The molecule has 0 aromatic heterocycles. The van der Waals surface area contributed by atoms with E-state index in [-0.39, 0.29) is 19.0 Å². The van der Waals surface area contributed by atoms with E-state index in [9.17, 15) is 20.1 Å². The van der Waals surface area contributed by atoms with E-state index in [4.69, 9.17) is 14.2 Å². The van der Waals surface area contributed by atoms with Gasteiger partial charge in [-0.15, -0.1) is 0 Å². The molecule has 0 fully saturated rings. The second kappa shape index (κ2) is 15.4. The Bertz CT molecular complexity index is 658. The number of hydrogen-bond acceptors (Lipinski definition) is 8. The lowest BCUT2D eigenvalue weighted by molar-refractivity contribution is -0.00848. The minimum Gasteiger partial charge on any atom is -0.491 e. The Morgan fingerprint density at radius 1 is 1.03 bits per heavy atom. The summed E-state index contributed by atoms with van der Waals surface area (Å²) in [5.74, 6) is 0.858. The number of rotatable bonds is 18. The molecule has 0 spiro atoms. The lowest BCUT2D eigenvalue weighted by Gasteiger charge is -2.27. The van der Waals surface area contributed by atoms with Crippen LogP contribution < -0.4 is 4.74 Å². The summed E-state index contributed by atoms with van der Waals surface area (Å²) in [6.07, 6.45) is 0.818. The first kappa shape index (κ1) is 29.5. The second-order valence-electron chi connectivity index (χ2n) is 9.39. The number of aliphatic hydroxyl groups is 3. The van der Waals surface area contributed by atoms with Crippen LogP contribution in [0.15, 0.2) is 24.3 Å². The van der Waals surface area contributed by atoms with Crippen molar-refractivity contribution in [3.05, 3.63) is 29.8 Å². The first-order chi connectivity index (χ1) is 15.5. The summed E-state index contributed by atoms with van der Waals surface area (Å²) >= 11 is 0. The number of hydrogen-bond donors (Lipinski definition) is 3. The first-order valence-corrected chi connectivity index (χ1v) is 11.7. The maximum atomic E-state index is 12.0. The standard InChI is InChI=1S/C25H43NO7/c1-19(2)7-6-12-26(15-21(27)17-31-5)16-22(28)18-32-13-14-33-23-10-8-20(9-11-23)24(29)25(3,4)30/h8-11,19,21-22,27-28,30H,6-7,12-18H2,1-5H3. The van der Waals surface area contributed by atoms with Crippen LogP contribution in [0.25, 0.3) is 0 Å². The van der Waals surface area contributed by atoms with Gasteiger partial charge in [-0.3, -0.25) is 9.69 Å². The number of benzene rings is 1. The van der Waals surface area contributed by atoms with Crippen molar-refractivity contribution < 1.29 is 34.3 Å². The third-order valence-corrected chi connectivity index (χ3v) is 5.03. The lowest BCUT2D eigenvalue weighted by Crippen LogP contribution is -2.41. The predicted molar refractivity (Wildman–Crippen MR) is 128 cm³/mol. The fourth-order valence-corrected chi connectivity index (χ4v) is 3.37. The fourth-order valence-electron chi connectivity index (χ4n) is 3.37. The number of ether oxygens (including phenoxy) is 3. The molecule has 3 N–H and O–H groups in total. The molecular formula is C25H43NO7. The number of carbonyl (C=O) groups excluding carboxylic acids is 1. The minimum absolute atomic E-state index is 0.170. The molecular weight excluding hydrogens is 426 g/mol. The average Bonchev–Trinajstić information content (AvgIpc) is 2.72. The van der Waals surface area contributed by atoms with E-state index in [0.717, 1.165) is 19.4 Å². The average molecular weight is 470 g/mol. The Balaban J connectivity index is 2.35. The molecule has 2 atom stereocenters. The summed E-state index contributed by atoms with van der Waals surface area (Å²) in [6, 6.07) is 6.58. The van der Waals surface area contributed by atoms with Crippen LogP contribution in [0.2, 0.25) is 0 Å². The molecule has 0 heterocycles. The molecule has 0 aliphatic heterocycles. The van der Waals surface area contributed by atoms with Crippen molar-refractivity contribution in [2.24, 2.45) is 5.92 Å². The van der Waals surface area contributed by atoms with Crippen molar-refractivity contribution in [3.63, 3.8) is 0 Å². The van der Waals surface area contributed by atoms with Crippen LogP contribution in [-0.2, 0) is 9.47 Å². The zero-order valence-electron chi connectivity index (χ0n) is 20.8. The van der Waals surface area contributed by atoms with Crippen LogP contribution in [0.4, 0.5) is 0 Å². The van der Waals surface area contributed by atoms with Gasteiger partial charge in [-0.2, -0.15) is 0 Å². The van der Waals surface area contributed by atoms with E-state index in [2.05, 4.69) is 13.8 Å². The number of carbonyl (C=O) groups is 1. The molecule has 33 heavy (non-hydrogen) atoms. The van der Waals surface area contributed by atoms with Gasteiger partial charge in [0.1, 0.15) is 18.0 Å². The van der Waals surface area contributed by atoms with Crippen LogP contribution >= 0.6 is 0 Å². The third kappa shape index (κ3) is 13.1. The quantitative estimate of drug-likeness (QED) is 0.222. The van der Waals surface area contributed by atoms with Gasteiger partial charge in [0.25, 0.3) is 0 Å². The van der Waals surface area contributed by atoms with E-state index < -0.39 is 17.8 Å². The van der Waals surface area contributed by atoms with Gasteiger partial charge in [-0.05, 0) is 63.4 Å². The van der Waals surface area contributed by atoms with Gasteiger partial charge >= 0.3 is 0 Å². The van der Waals surface area contributed by atoms with Crippen LogP contribution in [0.1, 0.15) is 50.9 Å². The molecule has 2 unspecified atom stereocenters. The maximum Gasteiger partial charge on any atom is 0.193 e. The molecule has 0 saturated heterocycles. The Morgan fingerprint density at radius 3 is 2.18 bits per heavy atom. The highest BCUT2D eigenvalue weighted by molar-refractivity contribution is 6.01. The highest BCUT2D eigenvalue weighted by atomic mass is 16.5. The third-order valence-electron chi connectivity index (χ3n) is 5.03. The molecule has 1 rings (SSSR count). The van der Waals surface area contributed by atoms with E-state index in [0.29, 0.717) is 43.5 Å². The summed E-state index contributed by atoms with van der Waals surface area (Å²) in [5.41, 5.74) is -0.995. The zero-order chi connectivity index (χ0) is 24.9. The Hall–Kier alpha value is -1.55. The van der Waals surface area contributed by atoms with E-state index in [1.165, 1.54) is 13.8 Å². The minimum atomic E-state index is -1.41. The van der Waals surface area contributed by atoms with Gasteiger partial charge in [0.05, 0.1) is 32.0 Å². The van der Waals surface area contributed by atoms with Crippen molar-refractivity contribution in [1.29, 1.82) is 0 Å². The van der Waals surface area contributed by atoms with Crippen molar-refractivity contribution in [2.45, 2.75) is 58.3 Å². The molecule has 8 heteroatoms. The largest absolute Gasteiger partial charge is 0.491 e. The number of Topliss-reactive ketones (excluding diaryl/α,β-unsaturated/α-hetero) is 1. The molecule has 190 valence electrons. The Morgan fingerprint density at radius 2 is 1.64 bits per heavy atom. The molecule has 1 aromatic carbocycles. The summed E-state index contributed by atoms with van der Waals surface area (Å²) in [4.78, 5) is 14.1. The van der Waals surface area contributed by atoms with E-state index in [1.807, 2.05) is 4.90 Å². The summed E-state index contributed by atoms with van der Waals surface area (Å²) in [7, 11) is 1.56. The van der Waals surface area contributed by atoms with Gasteiger partial charge in [-0.25, -0.2) is 0 Å². The lowest BCUT2D eigenvalue weighted by atomic mass is 9.97. The SMILES string of the molecule is COCC(O)CN(CCCC(C)C)CC(O)COCCOc1ccc(C(=O)C(C)(C)O)cc1. The topological polar surface area (TPSA) is 109 Å². The van der Waals surface area contributed by atoms with Crippen molar-refractivity contribution in [3.8, 4) is 5.75 Å². The van der Waals surface area contributed by atoms with Crippen LogP contribution in [0.5, 0.6) is 5.75 Å². The van der Waals surface area contributed by atoms with Crippen LogP contribution in [-0.4, -0.2) is 97.0 Å². The number of ketones is 1. The van der Waals surface area contributed by atoms with Gasteiger partial charge < -0.3 is 29.5 Å². The van der Waals surface area contributed by atoms with Crippen LogP contribution in [0.3, 0.4) is 0 Å². The van der Waals surface area contributed by atoms with Gasteiger partial charge in [-0.1, -0.05) is 13.8 Å². The second-order valence-corrected chi connectivity index (χ2v) is 9.39. The molecule has 8 nitrogen and oxygen atoms in total. The molecule has 0 aliphatic rings. The highest BCUT2D eigenvalue weighted by Gasteiger charge is 2.25. The highest BCUT2D eigenvalue weighted by Crippen LogP contribution is 2.17. The Kier molecular flexibility index (Phi) is 13.7. The fraction of sp³-hybridized carbons (Fsp3) is 0.720. The smallest absolute Gasteiger partial charge is 0.193 e. The van der Waals surface area contributed by atoms with Crippen molar-refractivity contribution >= 4 is 5.78 Å². The molecule has 0 saturated carbocycles. The Labute approximate surface area is 198 Å². The van der Waals surface area contributed by atoms with E-state index in [1.54, 1.807) is 31.4 Å².